The maximum absolute atomic E-state index is 11.9. The van der Waals surface area contributed by atoms with Crippen LogP contribution < -0.4 is 15.4 Å². The highest BCUT2D eigenvalue weighted by Crippen LogP contribution is 2.20. The Balaban J connectivity index is 1.91. The quantitative estimate of drug-likeness (QED) is 0.863. The predicted molar refractivity (Wildman–Crippen MR) is 89.0 cm³/mol. The number of rotatable bonds is 5. The number of amides is 1. The lowest BCUT2D eigenvalue weighted by molar-refractivity contribution is -0.114. The van der Waals surface area contributed by atoms with Crippen LogP contribution >= 0.6 is 15.9 Å². The van der Waals surface area contributed by atoms with Crippen molar-refractivity contribution in [3.05, 3.63) is 52.5 Å². The molecule has 0 saturated heterocycles. The number of ether oxygens (including phenoxy) is 1. The zero-order valence-corrected chi connectivity index (χ0v) is 13.5. The first-order chi connectivity index (χ1) is 10.1. The molecule has 0 aliphatic rings. The van der Waals surface area contributed by atoms with E-state index in [9.17, 15) is 4.79 Å². The third kappa shape index (κ3) is 4.49. The molecule has 21 heavy (non-hydrogen) atoms. The molecule has 110 valence electrons. The Morgan fingerprint density at radius 3 is 2.71 bits per heavy atom. The SMILES string of the molecule is COc1cccc(NCC(=O)Nc2ccc(C)c(Br)c2)c1. The number of hydrogen-bond acceptors (Lipinski definition) is 3. The molecule has 0 aliphatic heterocycles. The van der Waals surface area contributed by atoms with E-state index in [2.05, 4.69) is 26.6 Å². The van der Waals surface area contributed by atoms with Crippen molar-refractivity contribution < 1.29 is 9.53 Å². The minimum Gasteiger partial charge on any atom is -0.497 e. The monoisotopic (exact) mass is 348 g/mol. The van der Waals surface area contributed by atoms with Gasteiger partial charge in [0.15, 0.2) is 0 Å². The smallest absolute Gasteiger partial charge is 0.243 e. The number of aryl methyl sites for hydroxylation is 1. The molecule has 2 aromatic rings. The lowest BCUT2D eigenvalue weighted by Gasteiger charge is -2.09. The van der Waals surface area contributed by atoms with Crippen LogP contribution in [0.4, 0.5) is 11.4 Å². The number of benzene rings is 2. The molecule has 0 fully saturated rings. The summed E-state index contributed by atoms with van der Waals surface area (Å²) in [5, 5.41) is 5.91. The molecule has 0 heterocycles. The number of anilines is 2. The van der Waals surface area contributed by atoms with Crippen LogP contribution in [0.1, 0.15) is 5.56 Å². The number of carbonyl (C=O) groups excluding carboxylic acids is 1. The van der Waals surface area contributed by atoms with Gasteiger partial charge >= 0.3 is 0 Å². The first-order valence-corrected chi connectivity index (χ1v) is 7.31. The summed E-state index contributed by atoms with van der Waals surface area (Å²) in [6, 6.07) is 13.2. The van der Waals surface area contributed by atoms with Crippen molar-refractivity contribution in [2.75, 3.05) is 24.3 Å². The van der Waals surface area contributed by atoms with E-state index in [-0.39, 0.29) is 12.5 Å². The standard InChI is InChI=1S/C16H17BrN2O2/c1-11-6-7-13(9-15(11)17)19-16(20)10-18-12-4-3-5-14(8-12)21-2/h3-9,18H,10H2,1-2H3,(H,19,20). The van der Waals surface area contributed by atoms with Gasteiger partial charge in [-0.05, 0) is 36.8 Å². The zero-order valence-electron chi connectivity index (χ0n) is 11.9. The summed E-state index contributed by atoms with van der Waals surface area (Å²) in [6.45, 7) is 2.19. The number of methoxy groups -OCH3 is 1. The normalized spacial score (nSPS) is 10.0. The summed E-state index contributed by atoms with van der Waals surface area (Å²) < 4.78 is 6.11. The van der Waals surface area contributed by atoms with E-state index in [0.29, 0.717) is 0 Å². The van der Waals surface area contributed by atoms with Gasteiger partial charge in [-0.25, -0.2) is 0 Å². The topological polar surface area (TPSA) is 50.4 Å². The molecule has 0 aliphatic carbocycles. The van der Waals surface area contributed by atoms with Crippen molar-refractivity contribution >= 4 is 33.2 Å². The van der Waals surface area contributed by atoms with Crippen LogP contribution in [0, 0.1) is 6.92 Å². The highest BCUT2D eigenvalue weighted by Gasteiger charge is 2.04. The molecule has 2 N–H and O–H groups in total. The highest BCUT2D eigenvalue weighted by atomic mass is 79.9. The van der Waals surface area contributed by atoms with E-state index >= 15 is 0 Å². The fraction of sp³-hybridized carbons (Fsp3) is 0.188. The molecule has 0 spiro atoms. The summed E-state index contributed by atoms with van der Waals surface area (Å²) in [7, 11) is 1.61. The first kappa shape index (κ1) is 15.4. The highest BCUT2D eigenvalue weighted by molar-refractivity contribution is 9.10. The van der Waals surface area contributed by atoms with Gasteiger partial charge < -0.3 is 15.4 Å². The number of nitrogens with one attached hydrogen (secondary N) is 2. The van der Waals surface area contributed by atoms with Gasteiger partial charge in [0.2, 0.25) is 5.91 Å². The maximum Gasteiger partial charge on any atom is 0.243 e. The summed E-state index contributed by atoms with van der Waals surface area (Å²) in [4.78, 5) is 11.9. The molecule has 0 radical (unpaired) electrons. The van der Waals surface area contributed by atoms with Crippen molar-refractivity contribution in [1.82, 2.24) is 0 Å². The number of halogens is 1. The Bertz CT molecular complexity index is 644. The Morgan fingerprint density at radius 2 is 2.00 bits per heavy atom. The van der Waals surface area contributed by atoms with E-state index < -0.39 is 0 Å². The summed E-state index contributed by atoms with van der Waals surface area (Å²) in [5.41, 5.74) is 2.74. The van der Waals surface area contributed by atoms with Crippen LogP contribution in [0.25, 0.3) is 0 Å². The average molecular weight is 349 g/mol. The second-order valence-electron chi connectivity index (χ2n) is 4.60. The van der Waals surface area contributed by atoms with E-state index in [1.54, 1.807) is 7.11 Å². The molecule has 0 saturated carbocycles. The lowest BCUT2D eigenvalue weighted by atomic mass is 10.2. The Labute approximate surface area is 132 Å². The molecule has 1 amide bonds. The average Bonchev–Trinajstić information content (AvgIpc) is 2.49. The van der Waals surface area contributed by atoms with Crippen LogP contribution in [0.5, 0.6) is 5.75 Å². The molecule has 5 heteroatoms. The molecule has 0 unspecified atom stereocenters. The Kier molecular flexibility index (Phi) is 5.22. The van der Waals surface area contributed by atoms with Crippen LogP contribution in [-0.4, -0.2) is 19.6 Å². The van der Waals surface area contributed by atoms with E-state index in [1.807, 2.05) is 49.4 Å². The minimum absolute atomic E-state index is 0.103. The van der Waals surface area contributed by atoms with Crippen molar-refractivity contribution in [3.8, 4) is 5.75 Å². The van der Waals surface area contributed by atoms with E-state index in [1.165, 1.54) is 0 Å². The Hall–Kier alpha value is -2.01. The first-order valence-electron chi connectivity index (χ1n) is 6.52. The molecule has 0 atom stereocenters. The second kappa shape index (κ2) is 7.13. The fourth-order valence-corrected chi connectivity index (χ4v) is 2.17. The fourth-order valence-electron chi connectivity index (χ4n) is 1.79. The van der Waals surface area contributed by atoms with Gasteiger partial charge in [-0.2, -0.15) is 0 Å². The van der Waals surface area contributed by atoms with E-state index in [4.69, 9.17) is 4.74 Å². The van der Waals surface area contributed by atoms with Crippen LogP contribution in [-0.2, 0) is 4.79 Å². The molecule has 4 nitrogen and oxygen atoms in total. The van der Waals surface area contributed by atoms with Crippen molar-refractivity contribution in [2.24, 2.45) is 0 Å². The minimum atomic E-state index is -0.103. The third-order valence-electron chi connectivity index (χ3n) is 2.98. The molecule has 2 rings (SSSR count). The van der Waals surface area contributed by atoms with Gasteiger partial charge in [0.1, 0.15) is 5.75 Å². The Morgan fingerprint density at radius 1 is 1.19 bits per heavy atom. The lowest BCUT2D eigenvalue weighted by Crippen LogP contribution is -2.21. The third-order valence-corrected chi connectivity index (χ3v) is 3.83. The number of hydrogen-bond donors (Lipinski definition) is 2. The second-order valence-corrected chi connectivity index (χ2v) is 5.45. The van der Waals surface area contributed by atoms with Gasteiger partial charge in [-0.15, -0.1) is 0 Å². The van der Waals surface area contributed by atoms with Gasteiger partial charge in [0.05, 0.1) is 13.7 Å². The van der Waals surface area contributed by atoms with Crippen molar-refractivity contribution in [2.45, 2.75) is 6.92 Å². The molecular formula is C16H17BrN2O2. The summed E-state index contributed by atoms with van der Waals surface area (Å²) in [6.07, 6.45) is 0. The molecular weight excluding hydrogens is 332 g/mol. The molecule has 0 aromatic heterocycles. The predicted octanol–water partition coefficient (Wildman–Crippen LogP) is 3.82. The van der Waals surface area contributed by atoms with Crippen LogP contribution in [0.3, 0.4) is 0 Å². The van der Waals surface area contributed by atoms with Gasteiger partial charge in [0, 0.05) is 21.9 Å². The zero-order chi connectivity index (χ0) is 15.2. The van der Waals surface area contributed by atoms with E-state index in [0.717, 1.165) is 27.2 Å². The van der Waals surface area contributed by atoms with Crippen molar-refractivity contribution in [1.29, 1.82) is 0 Å². The van der Waals surface area contributed by atoms with Gasteiger partial charge in [0.25, 0.3) is 0 Å². The molecule has 0 bridgehead atoms. The summed E-state index contributed by atoms with van der Waals surface area (Å²) in [5.74, 6) is 0.649. The summed E-state index contributed by atoms with van der Waals surface area (Å²) >= 11 is 3.45. The van der Waals surface area contributed by atoms with Crippen LogP contribution in [0.15, 0.2) is 46.9 Å². The van der Waals surface area contributed by atoms with Crippen LogP contribution in [0.2, 0.25) is 0 Å². The maximum atomic E-state index is 11.9. The number of carbonyl (C=O) groups is 1. The largest absolute Gasteiger partial charge is 0.497 e. The van der Waals surface area contributed by atoms with Gasteiger partial charge in [-0.3, -0.25) is 4.79 Å². The van der Waals surface area contributed by atoms with Crippen molar-refractivity contribution in [3.63, 3.8) is 0 Å². The molecule has 2 aromatic carbocycles. The van der Waals surface area contributed by atoms with Gasteiger partial charge in [-0.1, -0.05) is 28.1 Å².